The second-order valence-electron chi connectivity index (χ2n) is 6.80. The van der Waals surface area contributed by atoms with Gasteiger partial charge in [-0.15, -0.1) is 0 Å². The monoisotopic (exact) mass is 405 g/mol. The van der Waals surface area contributed by atoms with E-state index in [4.69, 9.17) is 0 Å². The summed E-state index contributed by atoms with van der Waals surface area (Å²) in [6, 6.07) is 0. The maximum absolute atomic E-state index is 13.1. The van der Waals surface area contributed by atoms with Gasteiger partial charge in [0.15, 0.2) is 5.92 Å². The maximum atomic E-state index is 13.1. The Morgan fingerprint density at radius 2 is 1.41 bits per heavy atom. The number of esters is 1. The van der Waals surface area contributed by atoms with E-state index in [1.165, 1.54) is 27.7 Å². The number of hydrogen-bond acceptors (Lipinski definition) is 4. The average Bonchev–Trinajstić information content (AvgIpc) is 2.42. The highest BCUT2D eigenvalue weighted by atomic mass is 19.4. The number of carbonyl (C=O) groups excluding carboxylic acids is 3. The fourth-order valence-electron chi connectivity index (χ4n) is 1.96. The Bertz CT molecular complexity index is 590. The summed E-state index contributed by atoms with van der Waals surface area (Å²) < 4.78 is 82.8. The normalized spacial score (nSPS) is 13.9. The molecule has 0 spiro atoms. The quantitative estimate of drug-likeness (QED) is 0.398. The molecule has 0 aromatic rings. The van der Waals surface area contributed by atoms with Gasteiger partial charge in [0, 0.05) is 17.5 Å². The van der Waals surface area contributed by atoms with Crippen LogP contribution in [0, 0.1) is 11.3 Å². The molecule has 0 rings (SSSR count). The van der Waals surface area contributed by atoms with Crippen LogP contribution in [0.3, 0.4) is 0 Å². The maximum Gasteiger partial charge on any atom is 0.404 e. The van der Waals surface area contributed by atoms with Crippen molar-refractivity contribution in [2.75, 3.05) is 6.54 Å². The van der Waals surface area contributed by atoms with E-state index in [2.05, 4.69) is 11.3 Å². The second kappa shape index (κ2) is 8.30. The third-order valence-corrected chi connectivity index (χ3v) is 3.30. The minimum atomic E-state index is -5.96. The van der Waals surface area contributed by atoms with Crippen LogP contribution in [0.5, 0.6) is 0 Å². The fraction of sp³-hybridized carbons (Fsp3) is 0.688. The van der Waals surface area contributed by atoms with Crippen LogP contribution in [-0.2, 0) is 19.1 Å². The number of hydrogen-bond donors (Lipinski definition) is 0. The van der Waals surface area contributed by atoms with Crippen molar-refractivity contribution in [1.82, 2.24) is 4.90 Å². The minimum Gasteiger partial charge on any atom is -0.448 e. The first kappa shape index (κ1) is 24.9. The number of ether oxygens (including phenoxy) is 1. The van der Waals surface area contributed by atoms with E-state index >= 15 is 0 Å². The van der Waals surface area contributed by atoms with E-state index in [9.17, 15) is 40.7 Å². The zero-order valence-corrected chi connectivity index (χ0v) is 15.4. The van der Waals surface area contributed by atoms with Crippen molar-refractivity contribution < 1.29 is 45.5 Å². The van der Waals surface area contributed by atoms with Gasteiger partial charge in [-0.05, 0) is 13.8 Å². The first-order valence-corrected chi connectivity index (χ1v) is 7.71. The number of alkyl halides is 6. The summed E-state index contributed by atoms with van der Waals surface area (Å²) in [5, 5.41) is 0. The van der Waals surface area contributed by atoms with Crippen molar-refractivity contribution in [2.45, 2.75) is 53.1 Å². The van der Waals surface area contributed by atoms with Gasteiger partial charge in [0.25, 0.3) is 5.91 Å². The molecule has 5 nitrogen and oxygen atoms in total. The first-order chi connectivity index (χ1) is 11.9. The van der Waals surface area contributed by atoms with Crippen LogP contribution in [0.25, 0.3) is 0 Å². The van der Waals surface area contributed by atoms with Gasteiger partial charge in [-0.2, -0.15) is 26.3 Å². The highest BCUT2D eigenvalue weighted by molar-refractivity contribution is 6.01. The van der Waals surface area contributed by atoms with Crippen molar-refractivity contribution in [3.8, 4) is 0 Å². The molecular weight excluding hydrogens is 384 g/mol. The number of imide groups is 1. The molecule has 156 valence electrons. The van der Waals surface area contributed by atoms with Crippen molar-refractivity contribution in [3.05, 3.63) is 12.2 Å². The number of amides is 2. The summed E-state index contributed by atoms with van der Waals surface area (Å²) in [7, 11) is 0. The van der Waals surface area contributed by atoms with Crippen molar-refractivity contribution in [3.63, 3.8) is 0 Å². The van der Waals surface area contributed by atoms with Crippen molar-refractivity contribution >= 4 is 17.8 Å². The number of likely N-dealkylation sites (N-methyl/N-ethyl adjacent to an activating group) is 1. The van der Waals surface area contributed by atoms with Crippen molar-refractivity contribution in [2.24, 2.45) is 11.3 Å². The summed E-state index contributed by atoms with van der Waals surface area (Å²) in [6.07, 6.45) is -15.2. The molecule has 0 aliphatic carbocycles. The molecule has 1 atom stereocenters. The Labute approximate surface area is 152 Å². The lowest BCUT2D eigenvalue weighted by atomic mass is 9.93. The van der Waals surface area contributed by atoms with Crippen LogP contribution in [0.2, 0.25) is 0 Å². The largest absolute Gasteiger partial charge is 0.448 e. The second-order valence-corrected chi connectivity index (χ2v) is 6.80. The average molecular weight is 405 g/mol. The summed E-state index contributed by atoms with van der Waals surface area (Å²) in [5.41, 5.74) is -1.79. The molecule has 0 bridgehead atoms. The zero-order chi connectivity index (χ0) is 22.0. The summed E-state index contributed by atoms with van der Waals surface area (Å²) in [5.74, 6) is -8.85. The number of carbonyl (C=O) groups is 3. The van der Waals surface area contributed by atoms with Gasteiger partial charge >= 0.3 is 18.3 Å². The molecule has 27 heavy (non-hydrogen) atoms. The summed E-state index contributed by atoms with van der Waals surface area (Å²) >= 11 is 0. The van der Waals surface area contributed by atoms with E-state index in [0.29, 0.717) is 0 Å². The molecule has 0 aromatic heterocycles. The Morgan fingerprint density at radius 1 is 1.00 bits per heavy atom. The van der Waals surface area contributed by atoms with Gasteiger partial charge in [-0.1, -0.05) is 27.4 Å². The van der Waals surface area contributed by atoms with Crippen LogP contribution >= 0.6 is 0 Å². The van der Waals surface area contributed by atoms with Gasteiger partial charge in [0.05, 0.1) is 0 Å². The molecule has 2 amide bonds. The molecule has 0 heterocycles. The van der Waals surface area contributed by atoms with E-state index < -0.39 is 59.7 Å². The lowest BCUT2D eigenvalue weighted by Crippen LogP contribution is -2.56. The fourth-order valence-corrected chi connectivity index (χ4v) is 1.96. The van der Waals surface area contributed by atoms with Crippen LogP contribution in [-0.4, -0.2) is 47.7 Å². The molecule has 0 radical (unpaired) electrons. The highest BCUT2D eigenvalue weighted by Crippen LogP contribution is 2.43. The molecule has 0 aromatic carbocycles. The van der Waals surface area contributed by atoms with Crippen LogP contribution < -0.4 is 0 Å². The molecule has 0 saturated heterocycles. The highest BCUT2D eigenvalue weighted by Gasteiger charge is 2.64. The molecule has 0 saturated carbocycles. The van der Waals surface area contributed by atoms with E-state index in [1.807, 2.05) is 0 Å². The molecule has 0 aliphatic heterocycles. The number of rotatable bonds is 5. The smallest absolute Gasteiger partial charge is 0.404 e. The third-order valence-electron chi connectivity index (χ3n) is 3.30. The Hall–Kier alpha value is -2.07. The molecule has 11 heteroatoms. The molecule has 0 fully saturated rings. The van der Waals surface area contributed by atoms with Crippen LogP contribution in [0.15, 0.2) is 12.2 Å². The third kappa shape index (κ3) is 6.55. The zero-order valence-electron chi connectivity index (χ0n) is 15.4. The van der Waals surface area contributed by atoms with E-state index in [-0.39, 0.29) is 4.90 Å². The molecule has 0 aliphatic rings. The number of halogens is 6. The molecular formula is C16H21F6NO4. The van der Waals surface area contributed by atoms with Crippen LogP contribution in [0.1, 0.15) is 34.6 Å². The van der Waals surface area contributed by atoms with Gasteiger partial charge in [0.1, 0.15) is 0 Å². The lowest BCUT2D eigenvalue weighted by Gasteiger charge is -2.34. The first-order valence-electron chi connectivity index (χ1n) is 7.71. The van der Waals surface area contributed by atoms with Gasteiger partial charge < -0.3 is 4.74 Å². The predicted molar refractivity (Wildman–Crippen MR) is 82.1 cm³/mol. The predicted octanol–water partition coefficient (Wildman–Crippen LogP) is 3.64. The SMILES string of the molecule is C=C(C)C(=O)OC(C(=O)N(CC)C(=O)C(C)(C)C)C(C(F)(F)F)C(F)(F)F. The lowest BCUT2D eigenvalue weighted by molar-refractivity contribution is -0.304. The summed E-state index contributed by atoms with van der Waals surface area (Å²) in [4.78, 5) is 36.5. The van der Waals surface area contributed by atoms with Gasteiger partial charge in [-0.25, -0.2) is 4.79 Å². The van der Waals surface area contributed by atoms with E-state index in [0.717, 1.165) is 6.92 Å². The summed E-state index contributed by atoms with van der Waals surface area (Å²) in [6.45, 7) is 8.69. The molecule has 0 N–H and O–H groups in total. The van der Waals surface area contributed by atoms with Crippen molar-refractivity contribution in [1.29, 1.82) is 0 Å². The Kier molecular flexibility index (Phi) is 7.67. The standard InChI is InChI=1S/C16H21F6NO4/c1-7-23(13(26)14(4,5)6)11(24)9(27-12(25)8(2)3)10(15(17,18)19)16(20,21)22/h9-10H,2,7H2,1,3-6H3. The topological polar surface area (TPSA) is 63.7 Å². The van der Waals surface area contributed by atoms with E-state index in [1.54, 1.807) is 0 Å². The minimum absolute atomic E-state index is 0.209. The van der Waals surface area contributed by atoms with Gasteiger partial charge in [-0.3, -0.25) is 14.5 Å². The Balaban J connectivity index is 6.33. The van der Waals surface area contributed by atoms with Gasteiger partial charge in [0.2, 0.25) is 12.0 Å². The molecule has 1 unspecified atom stereocenters. The Morgan fingerprint density at radius 3 is 1.67 bits per heavy atom. The van der Waals surface area contributed by atoms with Crippen LogP contribution in [0.4, 0.5) is 26.3 Å². The number of nitrogens with zero attached hydrogens (tertiary/aromatic N) is 1.